The minimum atomic E-state index is -0.347. The first-order valence-electron chi connectivity index (χ1n) is 2.35. The first kappa shape index (κ1) is 7.14. The van der Waals surface area contributed by atoms with Crippen LogP contribution in [-0.2, 0) is 9.63 Å². The zero-order valence-electron chi connectivity index (χ0n) is 5.05. The highest BCUT2D eigenvalue weighted by molar-refractivity contribution is 5.71. The Labute approximate surface area is 48.3 Å². The van der Waals surface area contributed by atoms with Gasteiger partial charge in [0.1, 0.15) is 0 Å². The highest BCUT2D eigenvalue weighted by atomic mass is 16.7. The molecule has 0 aromatic carbocycles. The largest absolute Gasteiger partial charge is 0.337 e. The topological polar surface area (TPSA) is 38.7 Å². The zero-order chi connectivity index (χ0) is 6.57. The molecule has 0 aliphatic heterocycles. The summed E-state index contributed by atoms with van der Waals surface area (Å²) in [6.07, 6.45) is 0. The summed E-state index contributed by atoms with van der Waals surface area (Å²) in [7, 11) is 0. The van der Waals surface area contributed by atoms with E-state index in [4.69, 9.17) is 0 Å². The molecule has 0 N–H and O–H groups in total. The van der Waals surface area contributed by atoms with E-state index in [9.17, 15) is 4.79 Å². The van der Waals surface area contributed by atoms with Crippen LogP contribution in [-0.4, -0.2) is 12.7 Å². The van der Waals surface area contributed by atoms with Gasteiger partial charge in [-0.1, -0.05) is 19.0 Å². The molecule has 0 bridgehead atoms. The highest BCUT2D eigenvalue weighted by Gasteiger charge is 2.05. The van der Waals surface area contributed by atoms with Crippen molar-refractivity contribution in [3.63, 3.8) is 0 Å². The van der Waals surface area contributed by atoms with Crippen LogP contribution in [0.15, 0.2) is 5.16 Å². The van der Waals surface area contributed by atoms with Crippen LogP contribution in [0.5, 0.6) is 0 Å². The normalized spacial score (nSPS) is 8.88. The van der Waals surface area contributed by atoms with Gasteiger partial charge in [0.05, 0.1) is 5.92 Å². The van der Waals surface area contributed by atoms with Crippen LogP contribution in [0.3, 0.4) is 0 Å². The van der Waals surface area contributed by atoms with Crippen LogP contribution in [0.1, 0.15) is 13.8 Å². The summed E-state index contributed by atoms with van der Waals surface area (Å²) in [5.74, 6) is -0.472. The van der Waals surface area contributed by atoms with Crippen LogP contribution in [0.25, 0.3) is 0 Å². The third-order valence-corrected chi connectivity index (χ3v) is 0.626. The molecule has 0 radical (unpaired) electrons. The molecule has 8 heavy (non-hydrogen) atoms. The Morgan fingerprint density at radius 2 is 2.25 bits per heavy atom. The lowest BCUT2D eigenvalue weighted by atomic mass is 10.2. The Kier molecular flexibility index (Phi) is 2.84. The van der Waals surface area contributed by atoms with Gasteiger partial charge in [0.2, 0.25) is 0 Å². The van der Waals surface area contributed by atoms with Crippen molar-refractivity contribution in [1.82, 2.24) is 0 Å². The summed E-state index contributed by atoms with van der Waals surface area (Å²) in [5.41, 5.74) is 0. The van der Waals surface area contributed by atoms with E-state index < -0.39 is 0 Å². The Bertz CT molecular complexity index is 98.6. The lowest BCUT2D eigenvalue weighted by molar-refractivity contribution is -0.147. The molecule has 0 saturated heterocycles. The molecule has 0 aliphatic rings. The van der Waals surface area contributed by atoms with Crippen molar-refractivity contribution < 1.29 is 9.63 Å². The van der Waals surface area contributed by atoms with Crippen LogP contribution in [0.2, 0.25) is 0 Å². The van der Waals surface area contributed by atoms with E-state index in [1.54, 1.807) is 13.8 Å². The number of hydrogen-bond donors (Lipinski definition) is 0. The van der Waals surface area contributed by atoms with E-state index >= 15 is 0 Å². The molecule has 0 fully saturated rings. The van der Waals surface area contributed by atoms with Gasteiger partial charge in [0.15, 0.2) is 0 Å². The Morgan fingerprint density at radius 3 is 2.38 bits per heavy atom. The molecule has 3 heteroatoms. The van der Waals surface area contributed by atoms with E-state index in [-0.39, 0.29) is 11.9 Å². The molecule has 0 heterocycles. The van der Waals surface area contributed by atoms with E-state index in [1.165, 1.54) is 0 Å². The van der Waals surface area contributed by atoms with Crippen molar-refractivity contribution in [2.24, 2.45) is 11.1 Å². The lowest BCUT2D eigenvalue weighted by Crippen LogP contribution is -2.07. The van der Waals surface area contributed by atoms with Gasteiger partial charge >= 0.3 is 5.97 Å². The Balaban J connectivity index is 3.48. The zero-order valence-corrected chi connectivity index (χ0v) is 5.05. The molecule has 0 saturated carbocycles. The molecule has 46 valence electrons. The fourth-order valence-electron chi connectivity index (χ4n) is 0.169. The maximum absolute atomic E-state index is 10.4. The van der Waals surface area contributed by atoms with E-state index in [0.717, 1.165) is 0 Å². The third kappa shape index (κ3) is 2.34. The predicted octanol–water partition coefficient (Wildman–Crippen LogP) is 0.801. The summed E-state index contributed by atoms with van der Waals surface area (Å²) >= 11 is 0. The quantitative estimate of drug-likeness (QED) is 0.303. The minimum absolute atomic E-state index is 0.125. The maximum Gasteiger partial charge on any atom is 0.337 e. The minimum Gasteiger partial charge on any atom is -0.319 e. The molecule has 0 aromatic heterocycles. The number of carbonyl (C=O) groups excluding carboxylic acids is 1. The molecular weight excluding hydrogens is 106 g/mol. The molecule has 0 aliphatic carbocycles. The van der Waals surface area contributed by atoms with Gasteiger partial charge in [-0.05, 0) is 0 Å². The van der Waals surface area contributed by atoms with Crippen molar-refractivity contribution >= 4 is 12.7 Å². The summed E-state index contributed by atoms with van der Waals surface area (Å²) in [5, 5.41) is 2.96. The van der Waals surface area contributed by atoms with E-state index in [0.29, 0.717) is 0 Å². The lowest BCUT2D eigenvalue weighted by Gasteiger charge is -1.96. The van der Waals surface area contributed by atoms with Crippen molar-refractivity contribution in [2.45, 2.75) is 13.8 Å². The Morgan fingerprint density at radius 1 is 1.75 bits per heavy atom. The second-order valence-corrected chi connectivity index (χ2v) is 1.69. The summed E-state index contributed by atoms with van der Waals surface area (Å²) < 4.78 is 0. The number of nitrogens with zero attached hydrogens (tertiary/aromatic N) is 1. The molecule has 0 spiro atoms. The molecule has 0 rings (SSSR count). The first-order chi connectivity index (χ1) is 3.68. The summed E-state index contributed by atoms with van der Waals surface area (Å²) in [6, 6.07) is 0. The number of rotatable bonds is 2. The first-order valence-corrected chi connectivity index (χ1v) is 2.35. The van der Waals surface area contributed by atoms with Gasteiger partial charge in [0.25, 0.3) is 0 Å². The fourth-order valence-corrected chi connectivity index (χ4v) is 0.169. The third-order valence-electron chi connectivity index (χ3n) is 0.626. The standard InChI is InChI=1S/C5H9NO2/c1-4(2)5(7)8-6-3/h4H,3H2,1-2H3. The summed E-state index contributed by atoms with van der Waals surface area (Å²) in [6.45, 7) is 6.45. The van der Waals surface area contributed by atoms with Crippen LogP contribution in [0, 0.1) is 5.92 Å². The average Bonchev–Trinajstić information content (AvgIpc) is 1.67. The number of oxime groups is 1. The van der Waals surface area contributed by atoms with Gasteiger partial charge in [-0.3, -0.25) is 0 Å². The molecule has 0 unspecified atom stereocenters. The molecule has 0 amide bonds. The predicted molar refractivity (Wildman–Crippen MR) is 30.5 cm³/mol. The second kappa shape index (κ2) is 3.18. The second-order valence-electron chi connectivity index (χ2n) is 1.69. The molecule has 0 aromatic rings. The molecule has 3 nitrogen and oxygen atoms in total. The van der Waals surface area contributed by atoms with Crippen LogP contribution < -0.4 is 0 Å². The average molecular weight is 115 g/mol. The Hall–Kier alpha value is -0.860. The van der Waals surface area contributed by atoms with Crippen molar-refractivity contribution in [2.75, 3.05) is 0 Å². The van der Waals surface area contributed by atoms with Gasteiger partial charge in [-0.25, -0.2) is 4.79 Å². The van der Waals surface area contributed by atoms with Crippen molar-refractivity contribution in [3.8, 4) is 0 Å². The van der Waals surface area contributed by atoms with Crippen LogP contribution in [0.4, 0.5) is 0 Å². The summed E-state index contributed by atoms with van der Waals surface area (Å²) in [4.78, 5) is 14.6. The van der Waals surface area contributed by atoms with Gasteiger partial charge in [-0.2, -0.15) is 0 Å². The van der Waals surface area contributed by atoms with E-state index in [1.807, 2.05) is 0 Å². The molecule has 0 atom stereocenters. The smallest absolute Gasteiger partial charge is 0.319 e. The number of carbonyl (C=O) groups is 1. The number of hydrogen-bond acceptors (Lipinski definition) is 3. The van der Waals surface area contributed by atoms with Gasteiger partial charge in [0, 0.05) is 6.72 Å². The van der Waals surface area contributed by atoms with Crippen molar-refractivity contribution in [1.29, 1.82) is 0 Å². The van der Waals surface area contributed by atoms with Gasteiger partial charge in [-0.15, -0.1) is 0 Å². The highest BCUT2D eigenvalue weighted by Crippen LogP contribution is 1.94. The fraction of sp³-hybridized carbons (Fsp3) is 0.600. The van der Waals surface area contributed by atoms with Gasteiger partial charge < -0.3 is 4.84 Å². The van der Waals surface area contributed by atoms with E-state index in [2.05, 4.69) is 16.7 Å². The monoisotopic (exact) mass is 115 g/mol. The molecular formula is C5H9NO2. The SMILES string of the molecule is C=NOC(=O)C(C)C. The van der Waals surface area contributed by atoms with Crippen LogP contribution >= 0.6 is 0 Å². The maximum atomic E-state index is 10.4. The van der Waals surface area contributed by atoms with Crippen molar-refractivity contribution in [3.05, 3.63) is 0 Å².